The van der Waals surface area contributed by atoms with Crippen LogP contribution in [0.4, 0.5) is 4.39 Å². The molecular weight excluding hydrogens is 115 g/mol. The molecule has 0 aliphatic carbocycles. The van der Waals surface area contributed by atoms with Crippen LogP contribution < -0.4 is 0 Å². The van der Waals surface area contributed by atoms with Gasteiger partial charge in [0.1, 0.15) is 6.17 Å². The molecule has 0 amide bonds. The summed E-state index contributed by atoms with van der Waals surface area (Å²) in [5.41, 5.74) is 0. The summed E-state index contributed by atoms with van der Waals surface area (Å²) in [6.07, 6.45) is 2.11. The van der Waals surface area contributed by atoms with Gasteiger partial charge in [-0.2, -0.15) is 0 Å². The zero-order valence-electron chi connectivity index (χ0n) is 6.23. The van der Waals surface area contributed by atoms with E-state index in [4.69, 9.17) is 0 Å². The minimum atomic E-state index is -0.678. The molecule has 0 saturated carbocycles. The molecule has 1 heteroatoms. The predicted octanol–water partition coefficient (Wildman–Crippen LogP) is 2.95. The van der Waals surface area contributed by atoms with Crippen molar-refractivity contribution in [2.75, 3.05) is 0 Å². The monoisotopic (exact) mass is 130 g/mol. The average molecular weight is 130 g/mol. The first-order valence-electron chi connectivity index (χ1n) is 3.41. The number of alkyl halides is 1. The predicted molar refractivity (Wildman–Crippen MR) is 39.2 cm³/mol. The summed E-state index contributed by atoms with van der Waals surface area (Å²) in [4.78, 5) is 0. The summed E-state index contributed by atoms with van der Waals surface area (Å²) in [6, 6.07) is 0. The van der Waals surface area contributed by atoms with Crippen molar-refractivity contribution < 1.29 is 4.39 Å². The summed E-state index contributed by atoms with van der Waals surface area (Å²) in [7, 11) is 0. The summed E-state index contributed by atoms with van der Waals surface area (Å²) in [6.45, 7) is 7.51. The van der Waals surface area contributed by atoms with E-state index in [0.29, 0.717) is 18.8 Å². The van der Waals surface area contributed by atoms with Gasteiger partial charge in [0, 0.05) is 0 Å². The fourth-order valence-electron chi connectivity index (χ4n) is 0.789. The highest BCUT2D eigenvalue weighted by Crippen LogP contribution is 2.10. The molecule has 0 heterocycles. The van der Waals surface area contributed by atoms with Crippen LogP contribution in [0.2, 0.25) is 0 Å². The van der Waals surface area contributed by atoms with Crippen LogP contribution in [0.15, 0.2) is 12.7 Å². The van der Waals surface area contributed by atoms with Gasteiger partial charge in [0.05, 0.1) is 0 Å². The molecule has 0 aromatic rings. The molecule has 0 aromatic heterocycles. The largest absolute Gasteiger partial charge is 0.247 e. The molecule has 0 aliphatic rings. The van der Waals surface area contributed by atoms with E-state index in [0.717, 1.165) is 0 Å². The third-order valence-corrected chi connectivity index (χ3v) is 1.15. The van der Waals surface area contributed by atoms with Crippen LogP contribution in [0.3, 0.4) is 0 Å². The highest BCUT2D eigenvalue weighted by atomic mass is 19.1. The zero-order chi connectivity index (χ0) is 7.28. The molecule has 0 saturated heterocycles. The molecule has 0 radical (unpaired) electrons. The van der Waals surface area contributed by atoms with Crippen LogP contribution in [0.1, 0.15) is 26.7 Å². The van der Waals surface area contributed by atoms with Crippen LogP contribution in [-0.2, 0) is 0 Å². The average Bonchev–Trinajstić information content (AvgIpc) is 1.63. The van der Waals surface area contributed by atoms with Gasteiger partial charge < -0.3 is 0 Å². The fourth-order valence-corrected chi connectivity index (χ4v) is 0.789. The van der Waals surface area contributed by atoms with Crippen molar-refractivity contribution in [2.45, 2.75) is 32.9 Å². The van der Waals surface area contributed by atoms with E-state index >= 15 is 0 Å². The first-order valence-corrected chi connectivity index (χ1v) is 3.41. The maximum atomic E-state index is 12.6. The Hall–Kier alpha value is -0.330. The summed E-state index contributed by atoms with van der Waals surface area (Å²) in [5.74, 6) is 0.458. The van der Waals surface area contributed by atoms with E-state index in [1.54, 1.807) is 6.08 Å². The van der Waals surface area contributed by atoms with Crippen LogP contribution in [0.5, 0.6) is 0 Å². The number of hydrogen-bond acceptors (Lipinski definition) is 0. The van der Waals surface area contributed by atoms with Gasteiger partial charge in [-0.3, -0.25) is 0 Å². The van der Waals surface area contributed by atoms with E-state index in [1.807, 2.05) is 13.8 Å². The molecule has 0 bridgehead atoms. The highest BCUT2D eigenvalue weighted by Gasteiger charge is 2.05. The molecule has 0 N–H and O–H groups in total. The Kier molecular flexibility index (Phi) is 4.37. The third kappa shape index (κ3) is 5.54. The van der Waals surface area contributed by atoms with E-state index in [9.17, 15) is 4.39 Å². The summed E-state index contributed by atoms with van der Waals surface area (Å²) >= 11 is 0. The lowest BCUT2D eigenvalue weighted by atomic mass is 10.1. The number of rotatable bonds is 4. The van der Waals surface area contributed by atoms with Crippen LogP contribution >= 0.6 is 0 Å². The topological polar surface area (TPSA) is 0 Å². The molecule has 0 spiro atoms. The van der Waals surface area contributed by atoms with Crippen molar-refractivity contribution in [3.05, 3.63) is 12.7 Å². The molecule has 1 atom stereocenters. The molecule has 0 nitrogen and oxygen atoms in total. The molecule has 54 valence electrons. The maximum absolute atomic E-state index is 12.6. The second-order valence-corrected chi connectivity index (χ2v) is 2.75. The second kappa shape index (κ2) is 4.54. The van der Waals surface area contributed by atoms with Crippen molar-refractivity contribution in [3.8, 4) is 0 Å². The first-order chi connectivity index (χ1) is 4.16. The summed E-state index contributed by atoms with van der Waals surface area (Å²) < 4.78 is 12.6. The summed E-state index contributed by atoms with van der Waals surface area (Å²) in [5, 5.41) is 0. The lowest BCUT2D eigenvalue weighted by Gasteiger charge is -2.06. The Labute approximate surface area is 56.8 Å². The molecular formula is C8H15F. The Balaban J connectivity index is 3.25. The van der Waals surface area contributed by atoms with Gasteiger partial charge in [0.15, 0.2) is 0 Å². The smallest absolute Gasteiger partial charge is 0.104 e. The minimum Gasteiger partial charge on any atom is -0.247 e. The van der Waals surface area contributed by atoms with Crippen molar-refractivity contribution in [2.24, 2.45) is 5.92 Å². The third-order valence-electron chi connectivity index (χ3n) is 1.15. The highest BCUT2D eigenvalue weighted by molar-refractivity contribution is 4.72. The Morgan fingerprint density at radius 1 is 1.56 bits per heavy atom. The van der Waals surface area contributed by atoms with Gasteiger partial charge in [0.25, 0.3) is 0 Å². The quantitative estimate of drug-likeness (QED) is 0.513. The van der Waals surface area contributed by atoms with Crippen LogP contribution in [0, 0.1) is 5.92 Å². The Morgan fingerprint density at radius 2 is 2.11 bits per heavy atom. The lowest BCUT2D eigenvalue weighted by Crippen LogP contribution is -2.02. The van der Waals surface area contributed by atoms with Gasteiger partial charge in [-0.25, -0.2) is 4.39 Å². The van der Waals surface area contributed by atoms with Crippen molar-refractivity contribution in [1.29, 1.82) is 0 Å². The lowest BCUT2D eigenvalue weighted by molar-refractivity contribution is 0.285. The molecule has 0 aromatic carbocycles. The normalized spacial score (nSPS) is 13.8. The van der Waals surface area contributed by atoms with Crippen LogP contribution in [0.25, 0.3) is 0 Å². The van der Waals surface area contributed by atoms with Crippen molar-refractivity contribution in [1.82, 2.24) is 0 Å². The number of hydrogen-bond donors (Lipinski definition) is 0. The van der Waals surface area contributed by atoms with Gasteiger partial charge >= 0.3 is 0 Å². The van der Waals surface area contributed by atoms with E-state index in [1.165, 1.54) is 0 Å². The minimum absolute atomic E-state index is 0.458. The van der Waals surface area contributed by atoms with Crippen LogP contribution in [-0.4, -0.2) is 6.17 Å². The number of halogens is 1. The van der Waals surface area contributed by atoms with Gasteiger partial charge in [-0.05, 0) is 18.8 Å². The van der Waals surface area contributed by atoms with Crippen molar-refractivity contribution in [3.63, 3.8) is 0 Å². The molecule has 0 aliphatic heterocycles. The fraction of sp³-hybridized carbons (Fsp3) is 0.750. The van der Waals surface area contributed by atoms with Gasteiger partial charge in [0.2, 0.25) is 0 Å². The molecule has 0 rings (SSSR count). The standard InChI is InChI=1S/C8H15F/c1-4-5-8(9)6-7(2)3/h4,7-8H,1,5-6H2,2-3H3. The maximum Gasteiger partial charge on any atom is 0.104 e. The van der Waals surface area contributed by atoms with Gasteiger partial charge in [-0.15, -0.1) is 6.58 Å². The Bertz CT molecular complexity index is 76.6. The molecule has 9 heavy (non-hydrogen) atoms. The first kappa shape index (κ1) is 8.67. The molecule has 1 unspecified atom stereocenters. The second-order valence-electron chi connectivity index (χ2n) is 2.75. The molecule has 0 fully saturated rings. The SMILES string of the molecule is C=CCC(F)CC(C)C. The Morgan fingerprint density at radius 3 is 2.44 bits per heavy atom. The number of allylic oxidation sites excluding steroid dienone is 1. The van der Waals surface area contributed by atoms with E-state index < -0.39 is 6.17 Å². The van der Waals surface area contributed by atoms with E-state index in [2.05, 4.69) is 6.58 Å². The van der Waals surface area contributed by atoms with E-state index in [-0.39, 0.29) is 0 Å². The van der Waals surface area contributed by atoms with Crippen molar-refractivity contribution >= 4 is 0 Å². The van der Waals surface area contributed by atoms with Gasteiger partial charge in [-0.1, -0.05) is 19.9 Å². The zero-order valence-corrected chi connectivity index (χ0v) is 6.23.